The Bertz CT molecular complexity index is 865. The third kappa shape index (κ3) is 1.99. The van der Waals surface area contributed by atoms with Gasteiger partial charge in [-0.25, -0.2) is 0 Å². The molecule has 1 heterocycles. The third-order valence-electron chi connectivity index (χ3n) is 6.16. The molecule has 1 aromatic carbocycles. The average Bonchev–Trinajstić information content (AvgIpc) is 3.32. The van der Waals surface area contributed by atoms with Crippen molar-refractivity contribution >= 4 is 15.9 Å². The molecule has 0 amide bonds. The Morgan fingerprint density at radius 2 is 1.56 bits per heavy atom. The van der Waals surface area contributed by atoms with E-state index in [9.17, 15) is 23.4 Å². The summed E-state index contributed by atoms with van der Waals surface area (Å²) in [7, 11) is 0. The van der Waals surface area contributed by atoms with Crippen LogP contribution in [0, 0.1) is 11.8 Å². The van der Waals surface area contributed by atoms with E-state index in [1.54, 1.807) is 0 Å². The number of nitrogens with zero attached hydrogens (tertiary/aromatic N) is 1. The van der Waals surface area contributed by atoms with Crippen molar-refractivity contribution in [1.82, 2.24) is 4.57 Å². The molecule has 2 saturated carbocycles. The first-order chi connectivity index (χ1) is 11.8. The zero-order valence-corrected chi connectivity index (χ0v) is 14.6. The van der Waals surface area contributed by atoms with Gasteiger partial charge in [-0.15, -0.1) is 0 Å². The van der Waals surface area contributed by atoms with Crippen molar-refractivity contribution in [2.24, 2.45) is 11.8 Å². The van der Waals surface area contributed by atoms with Gasteiger partial charge in [0.15, 0.2) is 0 Å². The SMILES string of the molecule is Oc1c2c(c(O)n1-c1ccc(Br)c(C(F)(F)F)c1)[C@@H]1CC[C@H]2[C@H]2C[C@H]21. The maximum Gasteiger partial charge on any atom is 0.417 e. The molecular weight excluding hydrogens is 399 g/mol. The minimum absolute atomic E-state index is 0.0686. The molecule has 2 fully saturated rings. The summed E-state index contributed by atoms with van der Waals surface area (Å²) in [6.45, 7) is 0. The molecule has 0 saturated heterocycles. The van der Waals surface area contributed by atoms with E-state index in [4.69, 9.17) is 0 Å². The zero-order chi connectivity index (χ0) is 17.7. The Morgan fingerprint density at radius 3 is 2.08 bits per heavy atom. The summed E-state index contributed by atoms with van der Waals surface area (Å²) in [4.78, 5) is 0. The summed E-state index contributed by atoms with van der Waals surface area (Å²) in [5, 5.41) is 21.5. The van der Waals surface area contributed by atoms with Crippen LogP contribution in [0.15, 0.2) is 22.7 Å². The highest BCUT2D eigenvalue weighted by atomic mass is 79.9. The molecule has 2 N–H and O–H groups in total. The van der Waals surface area contributed by atoms with Gasteiger partial charge >= 0.3 is 6.18 Å². The molecule has 3 nitrogen and oxygen atoms in total. The lowest BCUT2D eigenvalue weighted by Gasteiger charge is -2.35. The van der Waals surface area contributed by atoms with E-state index >= 15 is 0 Å². The number of alkyl halides is 3. The summed E-state index contributed by atoms with van der Waals surface area (Å²) in [5.74, 6) is 1.33. The lowest BCUT2D eigenvalue weighted by Crippen LogP contribution is -2.22. The molecule has 2 bridgehead atoms. The summed E-state index contributed by atoms with van der Waals surface area (Å²) >= 11 is 2.92. The van der Waals surface area contributed by atoms with E-state index < -0.39 is 11.7 Å². The standard InChI is InChI=1S/C18H15BrF3NO2/c19-13-4-1-7(5-12(13)18(20,21)22)23-16(24)14-8-2-3-9(11-6-10(8)11)15(14)17(23)25/h1,4-5,8-11,24-25H,2-3,6H2/t8-,9+,10+,11-. The van der Waals surface area contributed by atoms with Crippen molar-refractivity contribution in [3.8, 4) is 17.4 Å². The summed E-state index contributed by atoms with van der Waals surface area (Å²) in [6, 6.07) is 3.71. The second kappa shape index (κ2) is 4.75. The van der Waals surface area contributed by atoms with Gasteiger partial charge in [0.05, 0.1) is 11.3 Å². The van der Waals surface area contributed by atoms with E-state index in [0.29, 0.717) is 11.8 Å². The van der Waals surface area contributed by atoms with E-state index in [1.807, 2.05) is 0 Å². The van der Waals surface area contributed by atoms with Crippen molar-refractivity contribution in [2.45, 2.75) is 37.3 Å². The van der Waals surface area contributed by atoms with E-state index in [2.05, 4.69) is 15.9 Å². The van der Waals surface area contributed by atoms with Crippen LogP contribution < -0.4 is 0 Å². The molecule has 6 rings (SSSR count). The molecule has 132 valence electrons. The Labute approximate surface area is 150 Å². The highest BCUT2D eigenvalue weighted by molar-refractivity contribution is 9.10. The Kier molecular flexibility index (Phi) is 2.97. The summed E-state index contributed by atoms with van der Waals surface area (Å²) in [6.07, 6.45) is -1.44. The van der Waals surface area contributed by atoms with Crippen LogP contribution in [-0.4, -0.2) is 14.8 Å². The molecule has 0 aliphatic heterocycles. The minimum Gasteiger partial charge on any atom is -0.494 e. The molecule has 4 aliphatic rings. The summed E-state index contributed by atoms with van der Waals surface area (Å²) < 4.78 is 40.7. The second-order valence-electron chi connectivity index (χ2n) is 7.33. The number of hydrogen-bond donors (Lipinski definition) is 2. The van der Waals surface area contributed by atoms with E-state index in [0.717, 1.165) is 36.5 Å². The highest BCUT2D eigenvalue weighted by Gasteiger charge is 2.59. The van der Waals surface area contributed by atoms with Gasteiger partial charge in [0.1, 0.15) is 0 Å². The molecule has 0 unspecified atom stereocenters. The fourth-order valence-corrected chi connectivity index (χ4v) is 5.56. The first-order valence-corrected chi connectivity index (χ1v) is 9.12. The fourth-order valence-electron chi connectivity index (χ4n) is 5.09. The fraction of sp³-hybridized carbons (Fsp3) is 0.444. The van der Waals surface area contributed by atoms with E-state index in [-0.39, 0.29) is 33.8 Å². The molecule has 1 aromatic heterocycles. The molecular formula is C18H15BrF3NO2. The molecule has 7 heteroatoms. The van der Waals surface area contributed by atoms with Gasteiger partial charge in [0.25, 0.3) is 0 Å². The maximum atomic E-state index is 13.2. The van der Waals surface area contributed by atoms with Gasteiger partial charge < -0.3 is 10.2 Å². The van der Waals surface area contributed by atoms with Crippen molar-refractivity contribution in [1.29, 1.82) is 0 Å². The first kappa shape index (κ1) is 15.6. The predicted octanol–water partition coefficient (Wildman–Crippen LogP) is 5.28. The Morgan fingerprint density at radius 1 is 1.00 bits per heavy atom. The number of hydrogen-bond acceptors (Lipinski definition) is 2. The van der Waals surface area contributed by atoms with Crippen LogP contribution in [-0.2, 0) is 6.18 Å². The van der Waals surface area contributed by atoms with Crippen LogP contribution in [0.2, 0.25) is 0 Å². The van der Waals surface area contributed by atoms with E-state index in [1.165, 1.54) is 16.7 Å². The first-order valence-electron chi connectivity index (χ1n) is 8.32. The van der Waals surface area contributed by atoms with Crippen molar-refractivity contribution < 1.29 is 23.4 Å². The molecule has 4 aliphatic carbocycles. The number of fused-ring (bicyclic) bond motifs is 1. The minimum atomic E-state index is -4.52. The van der Waals surface area contributed by atoms with Crippen LogP contribution in [0.1, 0.15) is 47.8 Å². The van der Waals surface area contributed by atoms with Gasteiger partial charge in [-0.2, -0.15) is 13.2 Å². The van der Waals surface area contributed by atoms with Crippen LogP contribution in [0.5, 0.6) is 11.8 Å². The second-order valence-corrected chi connectivity index (χ2v) is 8.18. The molecule has 2 aromatic rings. The molecule has 25 heavy (non-hydrogen) atoms. The molecule has 0 radical (unpaired) electrons. The lowest BCUT2D eigenvalue weighted by atomic mass is 9.68. The normalized spacial score (nSPS) is 29.4. The van der Waals surface area contributed by atoms with Gasteiger partial charge in [-0.3, -0.25) is 4.57 Å². The van der Waals surface area contributed by atoms with Gasteiger partial charge in [0, 0.05) is 15.6 Å². The van der Waals surface area contributed by atoms with Crippen molar-refractivity contribution in [2.75, 3.05) is 0 Å². The topological polar surface area (TPSA) is 45.4 Å². The molecule has 4 atom stereocenters. The average molecular weight is 414 g/mol. The Hall–Kier alpha value is -1.63. The van der Waals surface area contributed by atoms with Crippen molar-refractivity contribution in [3.63, 3.8) is 0 Å². The number of aromatic hydroxyl groups is 2. The quantitative estimate of drug-likeness (QED) is 0.667. The van der Waals surface area contributed by atoms with Crippen LogP contribution in [0.25, 0.3) is 5.69 Å². The molecule has 0 spiro atoms. The Balaban J connectivity index is 1.71. The highest BCUT2D eigenvalue weighted by Crippen LogP contribution is 2.70. The number of aromatic nitrogens is 1. The summed E-state index contributed by atoms with van der Waals surface area (Å²) in [5.41, 5.74) is 0.794. The number of rotatable bonds is 1. The van der Waals surface area contributed by atoms with Gasteiger partial charge in [-0.05, 0) is 61.1 Å². The predicted molar refractivity (Wildman–Crippen MR) is 88.1 cm³/mol. The van der Waals surface area contributed by atoms with Crippen molar-refractivity contribution in [3.05, 3.63) is 39.4 Å². The smallest absolute Gasteiger partial charge is 0.417 e. The number of halogens is 4. The monoisotopic (exact) mass is 413 g/mol. The maximum absolute atomic E-state index is 13.2. The largest absolute Gasteiger partial charge is 0.494 e. The lowest BCUT2D eigenvalue weighted by molar-refractivity contribution is -0.138. The van der Waals surface area contributed by atoms with Gasteiger partial charge in [-0.1, -0.05) is 15.9 Å². The van der Waals surface area contributed by atoms with Crippen LogP contribution >= 0.6 is 15.9 Å². The number of benzene rings is 1. The zero-order valence-electron chi connectivity index (χ0n) is 13.0. The third-order valence-corrected chi connectivity index (χ3v) is 6.86. The van der Waals surface area contributed by atoms with Gasteiger partial charge in [0.2, 0.25) is 11.8 Å². The van der Waals surface area contributed by atoms with Crippen LogP contribution in [0.3, 0.4) is 0 Å². The van der Waals surface area contributed by atoms with Crippen LogP contribution in [0.4, 0.5) is 13.2 Å².